The van der Waals surface area contributed by atoms with Gasteiger partial charge in [0.1, 0.15) is 11.6 Å². The van der Waals surface area contributed by atoms with Crippen LogP contribution in [0.4, 0.5) is 21.0 Å². The molecule has 46 heavy (non-hydrogen) atoms. The molecule has 2 atom stereocenters. The highest BCUT2D eigenvalue weighted by Gasteiger charge is 2.54. The van der Waals surface area contributed by atoms with Gasteiger partial charge < -0.3 is 26.0 Å². The number of para-hydroxylation sites is 1. The molecule has 0 spiro atoms. The first-order valence-corrected chi connectivity index (χ1v) is 15.2. The average molecular weight is 628 g/mol. The van der Waals surface area contributed by atoms with E-state index in [1.165, 1.54) is 4.90 Å². The average Bonchev–Trinajstić information content (AvgIpc) is 3.16. The van der Waals surface area contributed by atoms with Crippen molar-refractivity contribution in [3.8, 4) is 0 Å². The molecule has 0 radical (unpaired) electrons. The molecule has 0 aliphatic carbocycles. The third-order valence-electron chi connectivity index (χ3n) is 8.01. The van der Waals surface area contributed by atoms with E-state index in [2.05, 4.69) is 16.0 Å². The van der Waals surface area contributed by atoms with Crippen molar-refractivity contribution < 1.29 is 29.1 Å². The molecule has 1 aliphatic heterocycles. The second kappa shape index (κ2) is 14.3. The molecule has 1 fully saturated rings. The number of rotatable bonds is 12. The van der Waals surface area contributed by atoms with E-state index in [4.69, 9.17) is 0 Å². The number of amides is 6. The minimum atomic E-state index is -1.25. The largest absolute Gasteiger partial charge is 0.481 e. The first-order chi connectivity index (χ1) is 21.8. The lowest BCUT2D eigenvalue weighted by atomic mass is 9.98. The second-order valence-electron chi connectivity index (χ2n) is 12.4. The van der Waals surface area contributed by atoms with E-state index in [1.54, 1.807) is 68.4 Å². The van der Waals surface area contributed by atoms with Crippen LogP contribution in [0.5, 0.6) is 0 Å². The summed E-state index contributed by atoms with van der Waals surface area (Å²) in [6.07, 6.45) is -0.158. The number of nitrogens with one attached hydrogen (secondary N) is 3. The summed E-state index contributed by atoms with van der Waals surface area (Å²) in [6.45, 7) is 9.04. The van der Waals surface area contributed by atoms with Crippen molar-refractivity contribution >= 4 is 41.2 Å². The summed E-state index contributed by atoms with van der Waals surface area (Å²) in [6, 6.07) is 20.1. The number of aliphatic carboxylic acids is 1. The number of urea groups is 2. The van der Waals surface area contributed by atoms with Gasteiger partial charge in [-0.2, -0.15) is 0 Å². The smallest absolute Gasteiger partial charge is 0.328 e. The minimum absolute atomic E-state index is 0.0498. The van der Waals surface area contributed by atoms with Gasteiger partial charge >= 0.3 is 18.0 Å². The van der Waals surface area contributed by atoms with Gasteiger partial charge in [-0.1, -0.05) is 74.5 Å². The Balaban J connectivity index is 1.50. The number of hydrogen-bond acceptors (Lipinski definition) is 5. The number of carbonyl (C=O) groups is 5. The van der Waals surface area contributed by atoms with Gasteiger partial charge in [0.2, 0.25) is 5.91 Å². The summed E-state index contributed by atoms with van der Waals surface area (Å²) in [5.74, 6) is -2.25. The molecular weight excluding hydrogens is 586 g/mol. The molecule has 0 unspecified atom stereocenters. The maximum atomic E-state index is 13.9. The third-order valence-corrected chi connectivity index (χ3v) is 8.01. The van der Waals surface area contributed by atoms with E-state index >= 15 is 0 Å². The summed E-state index contributed by atoms with van der Waals surface area (Å²) in [5.41, 5.74) is 2.24. The summed E-state index contributed by atoms with van der Waals surface area (Å²) < 4.78 is 0. The number of aryl methyl sites for hydroxylation is 1. The molecule has 242 valence electrons. The van der Waals surface area contributed by atoms with Crippen molar-refractivity contribution in [2.75, 3.05) is 10.6 Å². The van der Waals surface area contributed by atoms with E-state index in [-0.39, 0.29) is 25.3 Å². The fourth-order valence-corrected chi connectivity index (χ4v) is 5.44. The molecular formula is C35H41N5O6. The van der Waals surface area contributed by atoms with E-state index in [9.17, 15) is 29.1 Å². The lowest BCUT2D eigenvalue weighted by Gasteiger charge is -2.29. The van der Waals surface area contributed by atoms with Gasteiger partial charge in [-0.3, -0.25) is 14.4 Å². The summed E-state index contributed by atoms with van der Waals surface area (Å²) in [4.78, 5) is 68.0. The predicted molar refractivity (Wildman–Crippen MR) is 175 cm³/mol. The predicted octanol–water partition coefficient (Wildman–Crippen LogP) is 5.93. The third kappa shape index (κ3) is 7.90. The highest BCUT2D eigenvalue weighted by molar-refractivity contribution is 6.09. The highest BCUT2D eigenvalue weighted by atomic mass is 16.4. The van der Waals surface area contributed by atoms with Gasteiger partial charge in [-0.15, -0.1) is 0 Å². The molecule has 0 aromatic heterocycles. The Morgan fingerprint density at radius 2 is 1.50 bits per heavy atom. The molecule has 3 aromatic carbocycles. The number of imide groups is 1. The Hall–Kier alpha value is -5.19. The fraction of sp³-hybridized carbons (Fsp3) is 0.343. The van der Waals surface area contributed by atoms with Crippen LogP contribution in [0, 0.1) is 12.8 Å². The maximum Gasteiger partial charge on any atom is 0.328 e. The molecule has 6 amide bonds. The Kier molecular flexibility index (Phi) is 10.5. The first-order valence-electron chi connectivity index (χ1n) is 15.2. The molecule has 1 aliphatic rings. The van der Waals surface area contributed by atoms with Crippen LogP contribution < -0.4 is 16.0 Å². The summed E-state index contributed by atoms with van der Waals surface area (Å²) in [7, 11) is 0. The lowest BCUT2D eigenvalue weighted by Crippen LogP contribution is -2.52. The Bertz CT molecular complexity index is 1590. The van der Waals surface area contributed by atoms with Crippen molar-refractivity contribution in [2.24, 2.45) is 5.92 Å². The zero-order chi connectivity index (χ0) is 33.6. The standard InChI is InChI=1S/C35H41N5O6/c1-22(2)19-29(31(43)37-28(20-30(41)42)25-12-7-6-8-13-25)40-32(44)35(4,5)39(34(40)46)21-24-15-17-26(18-16-24)36-33(45)38-27-14-10-9-11-23(27)3/h6-18,22,28-29H,19-21H2,1-5H3,(H,37,43)(H,41,42)(H2,36,38,45)/t28-,29+/m0/s1. The number of carboxylic acid groups (broad SMARTS) is 1. The Morgan fingerprint density at radius 3 is 2.11 bits per heavy atom. The minimum Gasteiger partial charge on any atom is -0.481 e. The number of carboxylic acids is 1. The van der Waals surface area contributed by atoms with Gasteiger partial charge in [-0.25, -0.2) is 14.5 Å². The van der Waals surface area contributed by atoms with Crippen molar-refractivity contribution in [3.05, 3.63) is 95.6 Å². The van der Waals surface area contributed by atoms with Crippen LogP contribution in [-0.4, -0.2) is 56.3 Å². The molecule has 4 rings (SSSR count). The molecule has 0 saturated carbocycles. The highest BCUT2D eigenvalue weighted by Crippen LogP contribution is 2.33. The molecule has 1 heterocycles. The van der Waals surface area contributed by atoms with Crippen LogP contribution in [0.2, 0.25) is 0 Å². The zero-order valence-corrected chi connectivity index (χ0v) is 26.7. The monoisotopic (exact) mass is 627 g/mol. The van der Waals surface area contributed by atoms with Crippen LogP contribution in [0.15, 0.2) is 78.9 Å². The van der Waals surface area contributed by atoms with Crippen LogP contribution in [-0.2, 0) is 20.9 Å². The molecule has 1 saturated heterocycles. The number of nitrogens with zero attached hydrogens (tertiary/aromatic N) is 2. The van der Waals surface area contributed by atoms with Crippen LogP contribution in [0.3, 0.4) is 0 Å². The van der Waals surface area contributed by atoms with Gasteiger partial charge in [0.25, 0.3) is 5.91 Å². The number of anilines is 2. The van der Waals surface area contributed by atoms with Crippen molar-refractivity contribution in [1.82, 2.24) is 15.1 Å². The van der Waals surface area contributed by atoms with Crippen molar-refractivity contribution in [1.29, 1.82) is 0 Å². The normalized spacial score (nSPS) is 15.4. The van der Waals surface area contributed by atoms with Gasteiger partial charge in [0, 0.05) is 17.9 Å². The van der Waals surface area contributed by atoms with Crippen LogP contribution in [0.25, 0.3) is 0 Å². The zero-order valence-electron chi connectivity index (χ0n) is 26.7. The van der Waals surface area contributed by atoms with Gasteiger partial charge in [0.05, 0.1) is 12.5 Å². The first kappa shape index (κ1) is 33.7. The van der Waals surface area contributed by atoms with E-state index in [0.29, 0.717) is 16.9 Å². The lowest BCUT2D eigenvalue weighted by molar-refractivity contribution is -0.140. The van der Waals surface area contributed by atoms with E-state index in [1.807, 2.05) is 45.0 Å². The Morgan fingerprint density at radius 1 is 0.870 bits per heavy atom. The van der Waals surface area contributed by atoms with Crippen molar-refractivity contribution in [2.45, 2.75) is 71.6 Å². The van der Waals surface area contributed by atoms with Crippen LogP contribution in [0.1, 0.15) is 63.3 Å². The van der Waals surface area contributed by atoms with Crippen LogP contribution >= 0.6 is 0 Å². The van der Waals surface area contributed by atoms with E-state index < -0.39 is 47.5 Å². The molecule has 11 nitrogen and oxygen atoms in total. The number of benzene rings is 3. The van der Waals surface area contributed by atoms with Gasteiger partial charge in [0.15, 0.2) is 0 Å². The number of hydrogen-bond donors (Lipinski definition) is 4. The maximum absolute atomic E-state index is 13.9. The molecule has 0 bridgehead atoms. The summed E-state index contributed by atoms with van der Waals surface area (Å²) in [5, 5.41) is 17.9. The fourth-order valence-electron chi connectivity index (χ4n) is 5.44. The molecule has 11 heteroatoms. The van der Waals surface area contributed by atoms with E-state index in [0.717, 1.165) is 16.0 Å². The molecule has 4 N–H and O–H groups in total. The SMILES string of the molecule is Cc1ccccc1NC(=O)Nc1ccc(CN2C(=O)N([C@H](CC(C)C)C(=O)N[C@@H](CC(=O)O)c3ccccc3)C(=O)C2(C)C)cc1. The second-order valence-corrected chi connectivity index (χ2v) is 12.4. The Labute approximate surface area is 269 Å². The quantitative estimate of drug-likeness (QED) is 0.183. The topological polar surface area (TPSA) is 148 Å². The van der Waals surface area contributed by atoms with Crippen molar-refractivity contribution in [3.63, 3.8) is 0 Å². The molecule has 3 aromatic rings. The number of carbonyl (C=O) groups excluding carboxylic acids is 4. The summed E-state index contributed by atoms with van der Waals surface area (Å²) >= 11 is 0. The van der Waals surface area contributed by atoms with Gasteiger partial charge in [-0.05, 0) is 68.0 Å².